The second kappa shape index (κ2) is 3.99. The van der Waals surface area contributed by atoms with Crippen LogP contribution in [0.4, 0.5) is 0 Å². The van der Waals surface area contributed by atoms with E-state index in [1.165, 1.54) is 5.56 Å². The van der Waals surface area contributed by atoms with Gasteiger partial charge in [-0.25, -0.2) is 9.78 Å². The van der Waals surface area contributed by atoms with Gasteiger partial charge in [0.1, 0.15) is 6.10 Å². The highest BCUT2D eigenvalue weighted by Gasteiger charge is 2.49. The third-order valence-electron chi connectivity index (χ3n) is 5.15. The summed E-state index contributed by atoms with van der Waals surface area (Å²) < 4.78 is 5.81. The van der Waals surface area contributed by atoms with Crippen LogP contribution in [0, 0.1) is 0 Å². The molecule has 3 aromatic rings. The molecular formula is C20H15NO2. The number of rotatable bonds is 0. The summed E-state index contributed by atoms with van der Waals surface area (Å²) in [5.41, 5.74) is 5.40. The molecule has 112 valence electrons. The number of carbonyl (C=O) groups excluding carboxylic acids is 1. The maximum Gasteiger partial charge on any atom is 0.339 e. The number of hydrogen-bond donors (Lipinski definition) is 0. The van der Waals surface area contributed by atoms with Crippen molar-refractivity contribution >= 4 is 16.9 Å². The Balaban J connectivity index is 2.00. The van der Waals surface area contributed by atoms with Crippen molar-refractivity contribution in [1.29, 1.82) is 0 Å². The van der Waals surface area contributed by atoms with Gasteiger partial charge < -0.3 is 4.74 Å². The number of carbonyl (C=O) groups is 1. The van der Waals surface area contributed by atoms with Crippen molar-refractivity contribution < 1.29 is 9.53 Å². The van der Waals surface area contributed by atoms with Crippen LogP contribution in [-0.4, -0.2) is 11.0 Å². The van der Waals surface area contributed by atoms with Crippen molar-refractivity contribution in [3.63, 3.8) is 0 Å². The summed E-state index contributed by atoms with van der Waals surface area (Å²) in [4.78, 5) is 17.5. The van der Waals surface area contributed by atoms with E-state index in [0.717, 1.165) is 27.7 Å². The first-order valence-electron chi connectivity index (χ1n) is 7.82. The number of pyridine rings is 1. The molecule has 2 aromatic carbocycles. The molecule has 0 unspecified atom stereocenters. The molecule has 0 saturated heterocycles. The van der Waals surface area contributed by atoms with Gasteiger partial charge in [-0.3, -0.25) is 0 Å². The third-order valence-corrected chi connectivity index (χ3v) is 5.15. The van der Waals surface area contributed by atoms with Crippen LogP contribution in [0.5, 0.6) is 0 Å². The summed E-state index contributed by atoms with van der Waals surface area (Å²) in [7, 11) is 0. The first kappa shape index (κ1) is 12.8. The molecule has 0 fully saturated rings. The Morgan fingerprint density at radius 1 is 1.04 bits per heavy atom. The Morgan fingerprint density at radius 2 is 1.78 bits per heavy atom. The first-order chi connectivity index (χ1) is 11.1. The SMILES string of the molecule is CC1(C)c2ccccc2-c2nc3ccccc3c3c2[C@H]1OC3=O. The fraction of sp³-hybridized carbons (Fsp3) is 0.200. The molecule has 2 heterocycles. The molecule has 1 aliphatic carbocycles. The minimum Gasteiger partial charge on any atom is -0.453 e. The highest BCUT2D eigenvalue weighted by molar-refractivity contribution is 6.09. The minimum absolute atomic E-state index is 0.231. The third kappa shape index (κ3) is 1.45. The predicted molar refractivity (Wildman–Crippen MR) is 88.4 cm³/mol. The van der Waals surface area contributed by atoms with Crippen molar-refractivity contribution in [1.82, 2.24) is 4.98 Å². The van der Waals surface area contributed by atoms with Crippen LogP contribution in [0.1, 0.15) is 41.4 Å². The van der Waals surface area contributed by atoms with E-state index in [0.29, 0.717) is 5.56 Å². The highest BCUT2D eigenvalue weighted by atomic mass is 16.5. The van der Waals surface area contributed by atoms with Gasteiger partial charge in [-0.05, 0) is 11.6 Å². The average molecular weight is 301 g/mol. The monoisotopic (exact) mass is 301 g/mol. The van der Waals surface area contributed by atoms with Gasteiger partial charge in [-0.1, -0.05) is 56.3 Å². The standard InChI is InChI=1S/C20H15NO2/c1-20(2)13-9-5-3-7-11(13)17-16-15(19(22)23-18(16)20)12-8-4-6-10-14(12)21-17/h3-10,18H,1-2H3/t18-/m1/s1. The van der Waals surface area contributed by atoms with Gasteiger partial charge in [-0.15, -0.1) is 0 Å². The van der Waals surface area contributed by atoms with Crippen molar-refractivity contribution in [3.8, 4) is 11.3 Å². The van der Waals surface area contributed by atoms with Crippen LogP contribution in [0.2, 0.25) is 0 Å². The quantitative estimate of drug-likeness (QED) is 0.578. The molecule has 23 heavy (non-hydrogen) atoms. The van der Waals surface area contributed by atoms with Crippen molar-refractivity contribution in [3.05, 3.63) is 65.2 Å². The molecule has 3 heteroatoms. The first-order valence-corrected chi connectivity index (χ1v) is 7.82. The van der Waals surface area contributed by atoms with Gasteiger partial charge >= 0.3 is 5.97 Å². The van der Waals surface area contributed by atoms with Gasteiger partial charge in [0, 0.05) is 21.9 Å². The summed E-state index contributed by atoms with van der Waals surface area (Å²) >= 11 is 0. The molecule has 1 aliphatic heterocycles. The van der Waals surface area contributed by atoms with Crippen molar-refractivity contribution in [2.45, 2.75) is 25.4 Å². The summed E-state index contributed by atoms with van der Waals surface area (Å²) in [6.45, 7) is 4.27. The number of benzene rings is 2. The summed E-state index contributed by atoms with van der Waals surface area (Å²) in [5.74, 6) is -0.231. The predicted octanol–water partition coefficient (Wildman–Crippen LogP) is 4.40. The van der Waals surface area contributed by atoms with E-state index in [9.17, 15) is 4.79 Å². The molecule has 0 spiro atoms. The lowest BCUT2D eigenvalue weighted by atomic mass is 9.69. The Labute approximate surface area is 133 Å². The lowest BCUT2D eigenvalue weighted by Crippen LogP contribution is -2.31. The van der Waals surface area contributed by atoms with Crippen LogP contribution in [0.3, 0.4) is 0 Å². The van der Waals surface area contributed by atoms with E-state index in [1.54, 1.807) is 0 Å². The fourth-order valence-electron chi connectivity index (χ4n) is 4.03. The maximum absolute atomic E-state index is 12.6. The molecular weight excluding hydrogens is 286 g/mol. The van der Waals surface area contributed by atoms with Crippen LogP contribution < -0.4 is 0 Å². The number of nitrogens with zero attached hydrogens (tertiary/aromatic N) is 1. The lowest BCUT2D eigenvalue weighted by Gasteiger charge is -2.37. The number of esters is 1. The average Bonchev–Trinajstić information content (AvgIpc) is 2.92. The zero-order valence-electron chi connectivity index (χ0n) is 13.0. The Morgan fingerprint density at radius 3 is 2.65 bits per heavy atom. The van der Waals surface area contributed by atoms with Gasteiger partial charge in [0.05, 0.1) is 16.8 Å². The second-order valence-electron chi connectivity index (χ2n) is 6.82. The zero-order chi connectivity index (χ0) is 15.8. The molecule has 1 atom stereocenters. The molecule has 5 rings (SSSR count). The topological polar surface area (TPSA) is 39.2 Å². The normalized spacial score (nSPS) is 20.1. The molecule has 0 amide bonds. The number of fused-ring (bicyclic) bond motifs is 4. The summed E-state index contributed by atoms with van der Waals surface area (Å²) in [5, 5.41) is 0.883. The van der Waals surface area contributed by atoms with E-state index in [1.807, 2.05) is 36.4 Å². The fourth-order valence-corrected chi connectivity index (χ4v) is 4.03. The Kier molecular flexibility index (Phi) is 2.22. The van der Waals surface area contributed by atoms with Gasteiger partial charge in [0.15, 0.2) is 0 Å². The van der Waals surface area contributed by atoms with E-state index in [-0.39, 0.29) is 17.5 Å². The number of para-hydroxylation sites is 1. The Bertz CT molecular complexity index is 1000. The van der Waals surface area contributed by atoms with Crippen LogP contribution in [-0.2, 0) is 10.2 Å². The van der Waals surface area contributed by atoms with Gasteiger partial charge in [-0.2, -0.15) is 0 Å². The van der Waals surface area contributed by atoms with E-state index < -0.39 is 0 Å². The number of hydrogen-bond acceptors (Lipinski definition) is 3. The molecule has 0 bridgehead atoms. The molecule has 0 radical (unpaired) electrons. The molecule has 1 aromatic heterocycles. The van der Waals surface area contributed by atoms with E-state index >= 15 is 0 Å². The molecule has 0 N–H and O–H groups in total. The van der Waals surface area contributed by atoms with E-state index in [4.69, 9.17) is 9.72 Å². The zero-order valence-corrected chi connectivity index (χ0v) is 13.0. The number of ether oxygens (including phenoxy) is 1. The van der Waals surface area contributed by atoms with Crippen LogP contribution in [0.25, 0.3) is 22.2 Å². The van der Waals surface area contributed by atoms with Crippen LogP contribution >= 0.6 is 0 Å². The Hall–Kier alpha value is -2.68. The summed E-state index contributed by atoms with van der Waals surface area (Å²) in [6, 6.07) is 16.1. The molecule has 3 nitrogen and oxygen atoms in total. The number of aromatic nitrogens is 1. The minimum atomic E-state index is -0.271. The largest absolute Gasteiger partial charge is 0.453 e. The lowest BCUT2D eigenvalue weighted by molar-refractivity contribution is 0.0206. The maximum atomic E-state index is 12.6. The highest BCUT2D eigenvalue weighted by Crippen LogP contribution is 2.55. The smallest absolute Gasteiger partial charge is 0.339 e. The second-order valence-corrected chi connectivity index (χ2v) is 6.82. The summed E-state index contributed by atoms with van der Waals surface area (Å²) in [6.07, 6.45) is -0.271. The van der Waals surface area contributed by atoms with Gasteiger partial charge in [0.25, 0.3) is 0 Å². The molecule has 2 aliphatic rings. The van der Waals surface area contributed by atoms with Crippen molar-refractivity contribution in [2.75, 3.05) is 0 Å². The van der Waals surface area contributed by atoms with Crippen LogP contribution in [0.15, 0.2) is 48.5 Å². The van der Waals surface area contributed by atoms with E-state index in [2.05, 4.69) is 26.0 Å². The van der Waals surface area contributed by atoms with Crippen molar-refractivity contribution in [2.24, 2.45) is 0 Å². The molecule has 0 saturated carbocycles. The van der Waals surface area contributed by atoms with Gasteiger partial charge in [0.2, 0.25) is 0 Å².